The number of hydrogen-bond acceptors (Lipinski definition) is 8. The van der Waals surface area contributed by atoms with Gasteiger partial charge in [-0.1, -0.05) is 17.8 Å². The van der Waals surface area contributed by atoms with E-state index in [0.29, 0.717) is 11.3 Å². The van der Waals surface area contributed by atoms with Crippen molar-refractivity contribution in [3.05, 3.63) is 63.7 Å². The highest BCUT2D eigenvalue weighted by Crippen LogP contribution is 2.25. The van der Waals surface area contributed by atoms with Gasteiger partial charge in [0.05, 0.1) is 4.92 Å². The van der Waals surface area contributed by atoms with Gasteiger partial charge in [0.25, 0.3) is 10.9 Å². The summed E-state index contributed by atoms with van der Waals surface area (Å²) in [6.07, 6.45) is 0. The summed E-state index contributed by atoms with van der Waals surface area (Å²) in [5.41, 5.74) is 2.69. The maximum atomic E-state index is 12.0. The quantitative estimate of drug-likeness (QED) is 0.206. The van der Waals surface area contributed by atoms with Crippen molar-refractivity contribution in [2.45, 2.75) is 19.1 Å². The zero-order valence-electron chi connectivity index (χ0n) is 14.5. The number of aromatic nitrogens is 2. The lowest BCUT2D eigenvalue weighted by Gasteiger charge is -2.05. The maximum absolute atomic E-state index is 12.0. The molecule has 0 saturated heterocycles. The van der Waals surface area contributed by atoms with E-state index >= 15 is 0 Å². The van der Waals surface area contributed by atoms with Gasteiger partial charge in [-0.25, -0.2) is 0 Å². The van der Waals surface area contributed by atoms with Crippen LogP contribution in [0.1, 0.15) is 11.1 Å². The molecule has 0 bridgehead atoms. The van der Waals surface area contributed by atoms with Crippen molar-refractivity contribution >= 4 is 23.4 Å². The van der Waals surface area contributed by atoms with Gasteiger partial charge >= 0.3 is 5.97 Å². The standard InChI is InChI=1S/C18H15N3O5S/c1-11-3-8-15(9-12(11)2)25-16(22)10-27-18-20-19-17(26-18)13-4-6-14(7-5-13)21(23)24/h3-9H,10H2,1-2H3. The molecule has 0 radical (unpaired) electrons. The van der Waals surface area contributed by atoms with Gasteiger partial charge in [-0.2, -0.15) is 0 Å². The molecule has 0 saturated carbocycles. The molecular weight excluding hydrogens is 370 g/mol. The summed E-state index contributed by atoms with van der Waals surface area (Å²) in [7, 11) is 0. The highest BCUT2D eigenvalue weighted by molar-refractivity contribution is 7.99. The second-order valence-electron chi connectivity index (χ2n) is 5.69. The van der Waals surface area contributed by atoms with Crippen LogP contribution in [0, 0.1) is 24.0 Å². The fraction of sp³-hybridized carbons (Fsp3) is 0.167. The fourth-order valence-electron chi connectivity index (χ4n) is 2.17. The number of rotatable bonds is 6. The zero-order valence-corrected chi connectivity index (χ0v) is 15.4. The number of benzene rings is 2. The molecule has 3 rings (SSSR count). The molecule has 0 amide bonds. The van der Waals surface area contributed by atoms with E-state index in [2.05, 4.69) is 10.2 Å². The van der Waals surface area contributed by atoms with E-state index in [9.17, 15) is 14.9 Å². The van der Waals surface area contributed by atoms with Crippen LogP contribution in [0.5, 0.6) is 5.75 Å². The number of nitro groups is 1. The van der Waals surface area contributed by atoms with Crippen molar-refractivity contribution in [3.63, 3.8) is 0 Å². The first kappa shape index (κ1) is 18.6. The molecule has 0 atom stereocenters. The first-order valence-electron chi connectivity index (χ1n) is 7.91. The van der Waals surface area contributed by atoms with Gasteiger partial charge in [-0.05, 0) is 49.2 Å². The van der Waals surface area contributed by atoms with Crippen molar-refractivity contribution in [3.8, 4) is 17.2 Å². The highest BCUT2D eigenvalue weighted by atomic mass is 32.2. The number of nitro benzene ring substituents is 1. The minimum atomic E-state index is -0.486. The summed E-state index contributed by atoms with van der Waals surface area (Å²) >= 11 is 1.06. The molecule has 27 heavy (non-hydrogen) atoms. The first-order valence-corrected chi connectivity index (χ1v) is 8.90. The van der Waals surface area contributed by atoms with Crippen LogP contribution >= 0.6 is 11.8 Å². The normalized spacial score (nSPS) is 10.6. The molecule has 0 aliphatic carbocycles. The van der Waals surface area contributed by atoms with E-state index in [-0.39, 0.29) is 22.6 Å². The molecule has 138 valence electrons. The van der Waals surface area contributed by atoms with Crippen molar-refractivity contribution in [2.24, 2.45) is 0 Å². The van der Waals surface area contributed by atoms with Crippen molar-refractivity contribution in [2.75, 3.05) is 5.75 Å². The molecule has 9 heteroatoms. The SMILES string of the molecule is Cc1ccc(OC(=O)CSc2nnc(-c3ccc([N+](=O)[O-])cc3)o2)cc1C. The van der Waals surface area contributed by atoms with Crippen molar-refractivity contribution < 1.29 is 18.9 Å². The zero-order chi connectivity index (χ0) is 19.4. The van der Waals surface area contributed by atoms with Crippen LogP contribution in [0.3, 0.4) is 0 Å². The maximum Gasteiger partial charge on any atom is 0.321 e. The molecule has 0 N–H and O–H groups in total. The molecule has 8 nitrogen and oxygen atoms in total. The summed E-state index contributed by atoms with van der Waals surface area (Å²) < 4.78 is 10.8. The molecule has 2 aromatic carbocycles. The fourth-order valence-corrected chi connectivity index (χ4v) is 2.71. The van der Waals surface area contributed by atoms with Crippen molar-refractivity contribution in [1.29, 1.82) is 0 Å². The molecule has 0 unspecified atom stereocenters. The van der Waals surface area contributed by atoms with Gasteiger partial charge in [0, 0.05) is 17.7 Å². The monoisotopic (exact) mass is 385 g/mol. The highest BCUT2D eigenvalue weighted by Gasteiger charge is 2.14. The Morgan fingerprint density at radius 3 is 2.56 bits per heavy atom. The summed E-state index contributed by atoms with van der Waals surface area (Å²) in [4.78, 5) is 22.2. The lowest BCUT2D eigenvalue weighted by Crippen LogP contribution is -2.10. The van der Waals surface area contributed by atoms with Gasteiger partial charge in [0.2, 0.25) is 5.89 Å². The van der Waals surface area contributed by atoms with Crippen LogP contribution < -0.4 is 4.74 Å². The lowest BCUT2D eigenvalue weighted by molar-refractivity contribution is -0.384. The average Bonchev–Trinajstić information content (AvgIpc) is 3.12. The van der Waals surface area contributed by atoms with Crippen LogP contribution in [0.4, 0.5) is 5.69 Å². The Labute approximate surface area is 158 Å². The van der Waals surface area contributed by atoms with E-state index in [0.717, 1.165) is 22.9 Å². The van der Waals surface area contributed by atoms with E-state index in [4.69, 9.17) is 9.15 Å². The second-order valence-corrected chi connectivity index (χ2v) is 6.61. The van der Waals surface area contributed by atoms with Gasteiger partial charge in [-0.3, -0.25) is 14.9 Å². The predicted molar refractivity (Wildman–Crippen MR) is 98.7 cm³/mol. The number of carbonyl (C=O) groups excluding carboxylic acids is 1. The van der Waals surface area contributed by atoms with Crippen LogP contribution in [-0.2, 0) is 4.79 Å². The molecule has 0 spiro atoms. The average molecular weight is 385 g/mol. The summed E-state index contributed by atoms with van der Waals surface area (Å²) in [6.45, 7) is 3.93. The van der Waals surface area contributed by atoms with Gasteiger partial charge in [-0.15, -0.1) is 10.2 Å². The Hall–Kier alpha value is -3.20. The molecule has 0 aliphatic rings. The number of non-ortho nitro benzene ring substituents is 1. The van der Waals surface area contributed by atoms with Gasteiger partial charge < -0.3 is 9.15 Å². The molecule has 1 heterocycles. The Morgan fingerprint density at radius 2 is 1.89 bits per heavy atom. The third kappa shape index (κ3) is 4.70. The van der Waals surface area contributed by atoms with Gasteiger partial charge in [0.1, 0.15) is 11.5 Å². The van der Waals surface area contributed by atoms with Crippen molar-refractivity contribution in [1.82, 2.24) is 10.2 Å². The summed E-state index contributed by atoms with van der Waals surface area (Å²) in [5.74, 6) is 0.281. The number of carbonyl (C=O) groups is 1. The Balaban J connectivity index is 1.58. The lowest BCUT2D eigenvalue weighted by atomic mass is 10.1. The minimum absolute atomic E-state index is 0.00875. The predicted octanol–water partition coefficient (Wildman–Crippen LogP) is 3.96. The number of hydrogen-bond donors (Lipinski definition) is 0. The molecular formula is C18H15N3O5S. The molecule has 1 aromatic heterocycles. The van der Waals surface area contributed by atoms with Crippen LogP contribution in [0.2, 0.25) is 0 Å². The van der Waals surface area contributed by atoms with Crippen LogP contribution in [0.15, 0.2) is 52.1 Å². The van der Waals surface area contributed by atoms with Crippen LogP contribution in [0.25, 0.3) is 11.5 Å². The van der Waals surface area contributed by atoms with Gasteiger partial charge in [0.15, 0.2) is 0 Å². The third-order valence-corrected chi connectivity index (χ3v) is 4.55. The number of ether oxygens (including phenoxy) is 1. The van der Waals surface area contributed by atoms with Crippen LogP contribution in [-0.4, -0.2) is 26.8 Å². The first-order chi connectivity index (χ1) is 12.9. The summed E-state index contributed by atoms with van der Waals surface area (Å²) in [5, 5.41) is 18.6. The van der Waals surface area contributed by atoms with E-state index < -0.39 is 10.9 Å². The molecule has 0 fully saturated rings. The van der Waals surface area contributed by atoms with E-state index in [1.807, 2.05) is 19.9 Å². The second kappa shape index (κ2) is 8.00. The molecule has 0 aliphatic heterocycles. The third-order valence-electron chi connectivity index (χ3n) is 3.76. The topological polar surface area (TPSA) is 108 Å². The number of aryl methyl sites for hydroxylation is 2. The Kier molecular flexibility index (Phi) is 5.51. The number of thioether (sulfide) groups is 1. The summed E-state index contributed by atoms with van der Waals surface area (Å²) in [6, 6.07) is 11.2. The van der Waals surface area contributed by atoms with E-state index in [1.165, 1.54) is 24.3 Å². The molecule has 3 aromatic rings. The Bertz CT molecular complexity index is 985. The van der Waals surface area contributed by atoms with E-state index in [1.54, 1.807) is 12.1 Å². The number of nitrogens with zero attached hydrogens (tertiary/aromatic N) is 3. The Morgan fingerprint density at radius 1 is 1.15 bits per heavy atom. The number of esters is 1. The largest absolute Gasteiger partial charge is 0.426 e. The minimum Gasteiger partial charge on any atom is -0.426 e. The smallest absolute Gasteiger partial charge is 0.321 e.